The van der Waals surface area contributed by atoms with Gasteiger partial charge in [-0.25, -0.2) is 4.98 Å². The van der Waals surface area contributed by atoms with E-state index >= 15 is 0 Å². The van der Waals surface area contributed by atoms with E-state index in [0.717, 1.165) is 24.3 Å². The average molecular weight is 317 g/mol. The SMILES string of the molecule is CC[C@H](NCC(C)C)c1nc2ccccc2c(=O)n1CCOC. The van der Waals surface area contributed by atoms with Gasteiger partial charge in [-0.1, -0.05) is 32.9 Å². The minimum atomic E-state index is 0.00690. The van der Waals surface area contributed by atoms with Crippen molar-refractivity contribution in [2.45, 2.75) is 39.8 Å². The second-order valence-electron chi connectivity index (χ2n) is 6.20. The molecule has 1 aromatic heterocycles. The largest absolute Gasteiger partial charge is 0.383 e. The Kier molecular flexibility index (Phi) is 6.30. The lowest BCUT2D eigenvalue weighted by atomic mass is 10.1. The van der Waals surface area contributed by atoms with Gasteiger partial charge in [-0.15, -0.1) is 0 Å². The van der Waals surface area contributed by atoms with Gasteiger partial charge in [0.2, 0.25) is 0 Å². The van der Waals surface area contributed by atoms with Crippen molar-refractivity contribution >= 4 is 10.9 Å². The van der Waals surface area contributed by atoms with Crippen LogP contribution in [0.3, 0.4) is 0 Å². The second-order valence-corrected chi connectivity index (χ2v) is 6.20. The molecule has 1 N–H and O–H groups in total. The molecule has 126 valence electrons. The Hall–Kier alpha value is -1.72. The highest BCUT2D eigenvalue weighted by Crippen LogP contribution is 2.17. The lowest BCUT2D eigenvalue weighted by Crippen LogP contribution is -2.34. The number of fused-ring (bicyclic) bond motifs is 1. The topological polar surface area (TPSA) is 56.2 Å². The number of nitrogens with one attached hydrogen (secondary N) is 1. The highest BCUT2D eigenvalue weighted by atomic mass is 16.5. The molecule has 23 heavy (non-hydrogen) atoms. The third-order valence-electron chi connectivity index (χ3n) is 3.90. The van der Waals surface area contributed by atoms with Crippen molar-refractivity contribution in [3.63, 3.8) is 0 Å². The summed E-state index contributed by atoms with van der Waals surface area (Å²) in [4.78, 5) is 17.6. The number of aromatic nitrogens is 2. The van der Waals surface area contributed by atoms with Gasteiger partial charge >= 0.3 is 0 Å². The molecule has 0 bridgehead atoms. The van der Waals surface area contributed by atoms with E-state index < -0.39 is 0 Å². The fourth-order valence-corrected chi connectivity index (χ4v) is 2.65. The molecule has 0 radical (unpaired) electrons. The summed E-state index contributed by atoms with van der Waals surface area (Å²) in [7, 11) is 1.65. The summed E-state index contributed by atoms with van der Waals surface area (Å²) in [5, 5.41) is 4.19. The van der Waals surface area contributed by atoms with Gasteiger partial charge in [-0.2, -0.15) is 0 Å². The van der Waals surface area contributed by atoms with Gasteiger partial charge in [0.25, 0.3) is 5.56 Å². The molecule has 0 spiro atoms. The molecule has 0 unspecified atom stereocenters. The van der Waals surface area contributed by atoms with Crippen LogP contribution in [0.15, 0.2) is 29.1 Å². The van der Waals surface area contributed by atoms with Crippen molar-refractivity contribution in [2.24, 2.45) is 5.92 Å². The number of hydrogen-bond acceptors (Lipinski definition) is 4. The fourth-order valence-electron chi connectivity index (χ4n) is 2.65. The van der Waals surface area contributed by atoms with Gasteiger partial charge in [-0.05, 0) is 31.0 Å². The number of hydrogen-bond donors (Lipinski definition) is 1. The number of para-hydroxylation sites is 1. The van der Waals surface area contributed by atoms with Crippen molar-refractivity contribution in [1.29, 1.82) is 0 Å². The van der Waals surface area contributed by atoms with Gasteiger partial charge in [0, 0.05) is 7.11 Å². The van der Waals surface area contributed by atoms with Crippen molar-refractivity contribution in [3.8, 4) is 0 Å². The monoisotopic (exact) mass is 317 g/mol. The quantitative estimate of drug-likeness (QED) is 0.813. The summed E-state index contributed by atoms with van der Waals surface area (Å²) in [6.45, 7) is 8.36. The summed E-state index contributed by atoms with van der Waals surface area (Å²) >= 11 is 0. The third kappa shape index (κ3) is 4.18. The van der Waals surface area contributed by atoms with Crippen LogP contribution in [0, 0.1) is 5.92 Å². The number of nitrogens with zero attached hydrogens (tertiary/aromatic N) is 2. The zero-order valence-corrected chi connectivity index (χ0v) is 14.5. The summed E-state index contributed by atoms with van der Waals surface area (Å²) in [6, 6.07) is 7.59. The maximum absolute atomic E-state index is 12.9. The Bertz CT molecular complexity index is 694. The zero-order valence-electron chi connectivity index (χ0n) is 14.5. The minimum Gasteiger partial charge on any atom is -0.383 e. The normalized spacial score (nSPS) is 12.9. The Balaban J connectivity index is 2.51. The van der Waals surface area contributed by atoms with E-state index in [2.05, 4.69) is 26.1 Å². The van der Waals surface area contributed by atoms with Gasteiger partial charge in [0.05, 0.1) is 30.1 Å². The van der Waals surface area contributed by atoms with Crippen LogP contribution >= 0.6 is 0 Å². The summed E-state index contributed by atoms with van der Waals surface area (Å²) in [5.41, 5.74) is 0.762. The molecule has 2 rings (SSSR count). The highest BCUT2D eigenvalue weighted by molar-refractivity contribution is 5.77. The third-order valence-corrected chi connectivity index (χ3v) is 3.90. The van der Waals surface area contributed by atoms with Crippen LogP contribution in [0.2, 0.25) is 0 Å². The molecule has 5 nitrogen and oxygen atoms in total. The number of methoxy groups -OCH3 is 1. The first kappa shape index (κ1) is 17.6. The first-order valence-corrected chi connectivity index (χ1v) is 8.30. The predicted octanol–water partition coefficient (Wildman–Crippen LogP) is 2.74. The fraction of sp³-hybridized carbons (Fsp3) is 0.556. The van der Waals surface area contributed by atoms with Crippen molar-refractivity contribution in [3.05, 3.63) is 40.4 Å². The standard InChI is InChI=1S/C18H27N3O2/c1-5-15(19-12-13(2)3)17-20-16-9-7-6-8-14(16)18(22)21(17)10-11-23-4/h6-9,13,15,19H,5,10-12H2,1-4H3/t15-/m0/s1. The number of rotatable bonds is 8. The Labute approximate surface area is 137 Å². The van der Waals surface area contributed by atoms with Crippen LogP contribution in [0.25, 0.3) is 10.9 Å². The molecule has 0 saturated heterocycles. The molecule has 0 aliphatic carbocycles. The summed E-state index contributed by atoms with van der Waals surface area (Å²) in [6.07, 6.45) is 0.879. The van der Waals surface area contributed by atoms with E-state index in [1.807, 2.05) is 24.3 Å². The van der Waals surface area contributed by atoms with E-state index in [4.69, 9.17) is 9.72 Å². The van der Waals surface area contributed by atoms with E-state index in [1.54, 1.807) is 11.7 Å². The first-order chi connectivity index (χ1) is 11.1. The highest BCUT2D eigenvalue weighted by Gasteiger charge is 2.18. The molecule has 1 aromatic carbocycles. The van der Waals surface area contributed by atoms with Crippen molar-refractivity contribution in [1.82, 2.24) is 14.9 Å². The van der Waals surface area contributed by atoms with Gasteiger partial charge in [0.15, 0.2) is 0 Å². The van der Waals surface area contributed by atoms with Gasteiger partial charge < -0.3 is 10.1 Å². The van der Waals surface area contributed by atoms with Crippen LogP contribution in [0.1, 0.15) is 39.1 Å². The number of ether oxygens (including phenoxy) is 1. The zero-order chi connectivity index (χ0) is 16.8. The molecule has 0 aliphatic rings. The van der Waals surface area contributed by atoms with Gasteiger partial charge in [-0.3, -0.25) is 9.36 Å². The van der Waals surface area contributed by atoms with E-state index in [0.29, 0.717) is 24.5 Å². The molecule has 1 atom stereocenters. The Morgan fingerprint density at radius 1 is 1.30 bits per heavy atom. The smallest absolute Gasteiger partial charge is 0.261 e. The molecule has 0 fully saturated rings. The Morgan fingerprint density at radius 3 is 2.70 bits per heavy atom. The molecular weight excluding hydrogens is 290 g/mol. The molecule has 0 aliphatic heterocycles. The van der Waals surface area contributed by atoms with Crippen LogP contribution in [-0.2, 0) is 11.3 Å². The van der Waals surface area contributed by atoms with Crippen LogP contribution < -0.4 is 10.9 Å². The average Bonchev–Trinajstić information content (AvgIpc) is 2.55. The predicted molar refractivity (Wildman–Crippen MR) is 93.8 cm³/mol. The van der Waals surface area contributed by atoms with Crippen molar-refractivity contribution < 1.29 is 4.74 Å². The summed E-state index contributed by atoms with van der Waals surface area (Å²) < 4.78 is 6.93. The van der Waals surface area contributed by atoms with Crippen molar-refractivity contribution in [2.75, 3.05) is 20.3 Å². The molecule has 0 saturated carbocycles. The number of benzene rings is 1. The lowest BCUT2D eigenvalue weighted by molar-refractivity contribution is 0.184. The van der Waals surface area contributed by atoms with E-state index in [1.165, 1.54) is 0 Å². The minimum absolute atomic E-state index is 0.00690. The molecular formula is C18H27N3O2. The van der Waals surface area contributed by atoms with Crippen LogP contribution in [0.4, 0.5) is 0 Å². The van der Waals surface area contributed by atoms with E-state index in [-0.39, 0.29) is 11.6 Å². The lowest BCUT2D eigenvalue weighted by Gasteiger charge is -2.22. The molecule has 5 heteroatoms. The Morgan fingerprint density at radius 2 is 2.04 bits per heavy atom. The molecule has 1 heterocycles. The summed E-state index contributed by atoms with van der Waals surface area (Å²) in [5.74, 6) is 1.34. The molecule has 2 aromatic rings. The van der Waals surface area contributed by atoms with Gasteiger partial charge in [0.1, 0.15) is 5.82 Å². The molecule has 0 amide bonds. The maximum atomic E-state index is 12.9. The van der Waals surface area contributed by atoms with Crippen LogP contribution in [-0.4, -0.2) is 29.8 Å². The first-order valence-electron chi connectivity index (χ1n) is 8.30. The second kappa shape index (κ2) is 8.22. The van der Waals surface area contributed by atoms with Crippen LogP contribution in [0.5, 0.6) is 0 Å². The maximum Gasteiger partial charge on any atom is 0.261 e. The van der Waals surface area contributed by atoms with E-state index in [9.17, 15) is 4.79 Å².